The summed E-state index contributed by atoms with van der Waals surface area (Å²) in [7, 11) is 0. The zero-order valence-electron chi connectivity index (χ0n) is 15.1. The lowest BCUT2D eigenvalue weighted by Gasteiger charge is -2.20. The SMILES string of the molecule is CC(C)[C@@H](CO)Nc1nc(NCCc2ccccc2)cc(C2CC2)n1. The molecule has 1 aliphatic carbocycles. The molecule has 1 heterocycles. The monoisotopic (exact) mass is 340 g/mol. The summed E-state index contributed by atoms with van der Waals surface area (Å²) >= 11 is 0. The molecule has 0 radical (unpaired) electrons. The Labute approximate surface area is 149 Å². The number of nitrogens with one attached hydrogen (secondary N) is 2. The predicted octanol–water partition coefficient (Wildman–Crippen LogP) is 3.44. The average molecular weight is 340 g/mol. The van der Waals surface area contributed by atoms with Crippen LogP contribution in [0.5, 0.6) is 0 Å². The van der Waals surface area contributed by atoms with Gasteiger partial charge < -0.3 is 15.7 Å². The third-order valence-electron chi connectivity index (χ3n) is 4.62. The molecule has 3 N–H and O–H groups in total. The molecule has 134 valence electrons. The lowest BCUT2D eigenvalue weighted by Crippen LogP contribution is -2.30. The van der Waals surface area contributed by atoms with Gasteiger partial charge in [0.05, 0.1) is 18.3 Å². The molecule has 5 heteroatoms. The molecule has 5 nitrogen and oxygen atoms in total. The van der Waals surface area contributed by atoms with Crippen molar-refractivity contribution in [1.29, 1.82) is 0 Å². The van der Waals surface area contributed by atoms with Gasteiger partial charge in [0.1, 0.15) is 5.82 Å². The third kappa shape index (κ3) is 5.16. The second kappa shape index (κ2) is 8.30. The highest BCUT2D eigenvalue weighted by Crippen LogP contribution is 2.39. The molecule has 1 fully saturated rings. The van der Waals surface area contributed by atoms with Crippen LogP contribution in [-0.2, 0) is 6.42 Å². The first-order valence-corrected chi connectivity index (χ1v) is 9.20. The van der Waals surface area contributed by atoms with E-state index in [1.165, 1.54) is 18.4 Å². The molecule has 25 heavy (non-hydrogen) atoms. The van der Waals surface area contributed by atoms with E-state index in [1.807, 2.05) is 6.07 Å². The van der Waals surface area contributed by atoms with Gasteiger partial charge in [0.25, 0.3) is 0 Å². The Morgan fingerprint density at radius 1 is 1.16 bits per heavy atom. The van der Waals surface area contributed by atoms with E-state index in [1.54, 1.807) is 0 Å². The number of hydrogen-bond donors (Lipinski definition) is 3. The number of nitrogens with zero attached hydrogens (tertiary/aromatic N) is 2. The van der Waals surface area contributed by atoms with E-state index >= 15 is 0 Å². The van der Waals surface area contributed by atoms with Crippen molar-refractivity contribution in [1.82, 2.24) is 9.97 Å². The van der Waals surface area contributed by atoms with E-state index < -0.39 is 0 Å². The van der Waals surface area contributed by atoms with Crippen molar-refractivity contribution in [2.75, 3.05) is 23.8 Å². The third-order valence-corrected chi connectivity index (χ3v) is 4.62. The lowest BCUT2D eigenvalue weighted by molar-refractivity contribution is 0.248. The van der Waals surface area contributed by atoms with Crippen molar-refractivity contribution in [3.05, 3.63) is 47.7 Å². The summed E-state index contributed by atoms with van der Waals surface area (Å²) < 4.78 is 0. The van der Waals surface area contributed by atoms with Gasteiger partial charge in [0.15, 0.2) is 0 Å². The van der Waals surface area contributed by atoms with Crippen molar-refractivity contribution in [3.63, 3.8) is 0 Å². The summed E-state index contributed by atoms with van der Waals surface area (Å²) in [6.07, 6.45) is 3.36. The Hall–Kier alpha value is -2.14. The van der Waals surface area contributed by atoms with Gasteiger partial charge in [0, 0.05) is 18.5 Å². The summed E-state index contributed by atoms with van der Waals surface area (Å²) in [4.78, 5) is 9.26. The molecule has 0 spiro atoms. The van der Waals surface area contributed by atoms with Crippen LogP contribution in [0.1, 0.15) is 43.9 Å². The first kappa shape index (κ1) is 17.7. The zero-order chi connectivity index (χ0) is 17.6. The van der Waals surface area contributed by atoms with Gasteiger partial charge in [-0.25, -0.2) is 4.98 Å². The van der Waals surface area contributed by atoms with Crippen molar-refractivity contribution >= 4 is 11.8 Å². The molecule has 0 saturated heterocycles. The van der Waals surface area contributed by atoms with Gasteiger partial charge in [-0.1, -0.05) is 44.2 Å². The van der Waals surface area contributed by atoms with Crippen molar-refractivity contribution in [3.8, 4) is 0 Å². The van der Waals surface area contributed by atoms with Crippen molar-refractivity contribution in [2.45, 2.75) is 45.1 Å². The summed E-state index contributed by atoms with van der Waals surface area (Å²) in [6, 6.07) is 12.5. The van der Waals surface area contributed by atoms with Gasteiger partial charge in [-0.05, 0) is 30.7 Å². The van der Waals surface area contributed by atoms with Gasteiger partial charge in [-0.3, -0.25) is 0 Å². The van der Waals surface area contributed by atoms with Crippen LogP contribution < -0.4 is 10.6 Å². The second-order valence-electron chi connectivity index (χ2n) is 7.12. The molecule has 1 saturated carbocycles. The number of aliphatic hydroxyl groups is 1. The molecule has 1 aromatic carbocycles. The molecular weight excluding hydrogens is 312 g/mol. The minimum atomic E-state index is -0.0355. The van der Waals surface area contributed by atoms with Gasteiger partial charge in [0.2, 0.25) is 5.95 Å². The minimum Gasteiger partial charge on any atom is -0.394 e. The van der Waals surface area contributed by atoms with Gasteiger partial charge >= 0.3 is 0 Å². The summed E-state index contributed by atoms with van der Waals surface area (Å²) in [5.41, 5.74) is 2.41. The van der Waals surface area contributed by atoms with E-state index in [9.17, 15) is 5.11 Å². The smallest absolute Gasteiger partial charge is 0.225 e. The van der Waals surface area contributed by atoms with Crippen LogP contribution in [0.2, 0.25) is 0 Å². The maximum atomic E-state index is 9.55. The fourth-order valence-electron chi connectivity index (χ4n) is 2.78. The number of hydrogen-bond acceptors (Lipinski definition) is 5. The number of aromatic nitrogens is 2. The highest BCUT2D eigenvalue weighted by molar-refractivity contribution is 5.44. The summed E-state index contributed by atoms with van der Waals surface area (Å²) in [5.74, 6) is 2.34. The highest BCUT2D eigenvalue weighted by atomic mass is 16.3. The first-order chi connectivity index (χ1) is 12.2. The van der Waals surface area contributed by atoms with Gasteiger partial charge in [-0.15, -0.1) is 0 Å². The number of anilines is 2. The minimum absolute atomic E-state index is 0.0355. The fraction of sp³-hybridized carbons (Fsp3) is 0.500. The zero-order valence-corrected chi connectivity index (χ0v) is 15.1. The highest BCUT2D eigenvalue weighted by Gasteiger charge is 2.26. The molecule has 0 unspecified atom stereocenters. The quantitative estimate of drug-likeness (QED) is 0.652. The molecular formula is C20H28N4O. The molecule has 1 aliphatic rings. The number of rotatable bonds is 9. The summed E-state index contributed by atoms with van der Waals surface area (Å²) in [5, 5.41) is 16.3. The lowest BCUT2D eigenvalue weighted by atomic mass is 10.1. The molecule has 0 amide bonds. The maximum absolute atomic E-state index is 9.55. The molecule has 2 aromatic rings. The van der Waals surface area contributed by atoms with E-state index in [2.05, 4.69) is 64.8 Å². The van der Waals surface area contributed by atoms with E-state index in [0.717, 1.165) is 24.5 Å². The van der Waals surface area contributed by atoms with E-state index in [4.69, 9.17) is 0 Å². The fourth-order valence-corrected chi connectivity index (χ4v) is 2.78. The normalized spacial score (nSPS) is 15.2. The molecule has 3 rings (SSSR count). The van der Waals surface area contributed by atoms with E-state index in [-0.39, 0.29) is 12.6 Å². The topological polar surface area (TPSA) is 70.1 Å². The van der Waals surface area contributed by atoms with Crippen LogP contribution in [0.15, 0.2) is 36.4 Å². The molecule has 0 aliphatic heterocycles. The van der Waals surface area contributed by atoms with Crippen LogP contribution in [-0.4, -0.2) is 34.3 Å². The van der Waals surface area contributed by atoms with Crippen LogP contribution >= 0.6 is 0 Å². The molecule has 1 aromatic heterocycles. The molecule has 1 atom stereocenters. The standard InChI is InChI=1S/C20H28N4O/c1-14(2)18(13-25)23-20-22-17(16-8-9-16)12-19(24-20)21-11-10-15-6-4-3-5-7-15/h3-7,12,14,16,18,25H,8-11,13H2,1-2H3,(H2,21,22,23,24)/t18-/m1/s1. The Morgan fingerprint density at radius 3 is 2.56 bits per heavy atom. The first-order valence-electron chi connectivity index (χ1n) is 9.20. The summed E-state index contributed by atoms with van der Waals surface area (Å²) in [6.45, 7) is 5.07. The number of benzene rings is 1. The second-order valence-corrected chi connectivity index (χ2v) is 7.12. The van der Waals surface area contributed by atoms with E-state index in [0.29, 0.717) is 17.8 Å². The Balaban J connectivity index is 1.67. The predicted molar refractivity (Wildman–Crippen MR) is 102 cm³/mol. The largest absolute Gasteiger partial charge is 0.394 e. The maximum Gasteiger partial charge on any atom is 0.225 e. The number of aliphatic hydroxyl groups excluding tert-OH is 1. The molecule has 0 bridgehead atoms. The van der Waals surface area contributed by atoms with Crippen LogP contribution in [0.3, 0.4) is 0 Å². The Morgan fingerprint density at radius 2 is 1.92 bits per heavy atom. The van der Waals surface area contributed by atoms with Crippen LogP contribution in [0, 0.1) is 5.92 Å². The Kier molecular flexibility index (Phi) is 5.87. The Bertz CT molecular complexity index is 671. The average Bonchev–Trinajstić information content (AvgIpc) is 3.45. The van der Waals surface area contributed by atoms with Gasteiger partial charge in [-0.2, -0.15) is 4.98 Å². The van der Waals surface area contributed by atoms with Crippen LogP contribution in [0.4, 0.5) is 11.8 Å². The van der Waals surface area contributed by atoms with Crippen LogP contribution in [0.25, 0.3) is 0 Å². The van der Waals surface area contributed by atoms with Crippen molar-refractivity contribution in [2.24, 2.45) is 5.92 Å². The van der Waals surface area contributed by atoms with Crippen molar-refractivity contribution < 1.29 is 5.11 Å².